The summed E-state index contributed by atoms with van der Waals surface area (Å²) in [7, 11) is 0. The molecule has 2 N–H and O–H groups in total. The third-order valence-corrected chi connectivity index (χ3v) is 4.47. The van der Waals surface area contributed by atoms with Crippen LogP contribution in [0.3, 0.4) is 0 Å². The van der Waals surface area contributed by atoms with Crippen LogP contribution in [0.1, 0.15) is 44.4 Å². The Morgan fingerprint density at radius 1 is 1.26 bits per heavy atom. The van der Waals surface area contributed by atoms with E-state index in [0.29, 0.717) is 6.04 Å². The number of benzene rings is 1. The van der Waals surface area contributed by atoms with E-state index in [0.717, 1.165) is 11.8 Å². The molecule has 1 heterocycles. The van der Waals surface area contributed by atoms with Gasteiger partial charge < -0.3 is 5.73 Å². The lowest BCUT2D eigenvalue weighted by Crippen LogP contribution is -2.38. The van der Waals surface area contributed by atoms with Crippen molar-refractivity contribution < 1.29 is 0 Å². The zero-order chi connectivity index (χ0) is 14.0. The van der Waals surface area contributed by atoms with Gasteiger partial charge in [0, 0.05) is 18.6 Å². The lowest BCUT2D eigenvalue weighted by Gasteiger charge is -2.32. The molecule has 2 heteroatoms. The standard InChI is InChI=1S/C17H28N2/c1-12(2)16-8-9-19(11-16)17(14(4)18)15-7-5-6-13(3)10-15/h5-7,10,12,14,16-17H,8-9,11,18H2,1-4H3. The maximum Gasteiger partial charge on any atom is 0.0496 e. The van der Waals surface area contributed by atoms with Crippen LogP contribution >= 0.6 is 0 Å². The molecule has 2 nitrogen and oxygen atoms in total. The van der Waals surface area contributed by atoms with Gasteiger partial charge >= 0.3 is 0 Å². The average Bonchev–Trinajstić information content (AvgIpc) is 2.78. The van der Waals surface area contributed by atoms with Gasteiger partial charge in [-0.25, -0.2) is 0 Å². The van der Waals surface area contributed by atoms with Crippen LogP contribution in [-0.4, -0.2) is 24.0 Å². The van der Waals surface area contributed by atoms with Crippen LogP contribution in [0.25, 0.3) is 0 Å². The van der Waals surface area contributed by atoms with E-state index in [4.69, 9.17) is 5.73 Å². The van der Waals surface area contributed by atoms with Gasteiger partial charge in [-0.3, -0.25) is 4.90 Å². The predicted molar refractivity (Wildman–Crippen MR) is 82.1 cm³/mol. The molecule has 19 heavy (non-hydrogen) atoms. The zero-order valence-electron chi connectivity index (χ0n) is 12.8. The second kappa shape index (κ2) is 6.06. The first-order valence-corrected chi connectivity index (χ1v) is 7.55. The molecule has 106 valence electrons. The van der Waals surface area contributed by atoms with E-state index < -0.39 is 0 Å². The van der Waals surface area contributed by atoms with Crippen molar-refractivity contribution >= 4 is 0 Å². The van der Waals surface area contributed by atoms with Crippen molar-refractivity contribution in [1.82, 2.24) is 4.90 Å². The van der Waals surface area contributed by atoms with Gasteiger partial charge in [-0.15, -0.1) is 0 Å². The number of hydrogen-bond donors (Lipinski definition) is 1. The lowest BCUT2D eigenvalue weighted by molar-refractivity contribution is 0.204. The molecule has 1 aliphatic rings. The van der Waals surface area contributed by atoms with Crippen LogP contribution in [0.2, 0.25) is 0 Å². The fourth-order valence-electron chi connectivity index (χ4n) is 3.31. The number of nitrogens with zero attached hydrogens (tertiary/aromatic N) is 1. The van der Waals surface area contributed by atoms with Gasteiger partial charge in [0.1, 0.15) is 0 Å². The largest absolute Gasteiger partial charge is 0.326 e. The van der Waals surface area contributed by atoms with Gasteiger partial charge in [-0.05, 0) is 44.2 Å². The van der Waals surface area contributed by atoms with Gasteiger partial charge in [-0.1, -0.05) is 43.7 Å². The van der Waals surface area contributed by atoms with Crippen molar-refractivity contribution in [2.24, 2.45) is 17.6 Å². The SMILES string of the molecule is Cc1cccc(C(C(C)N)N2CCC(C(C)C)C2)c1. The molecular formula is C17H28N2. The second-order valence-corrected chi connectivity index (χ2v) is 6.51. The van der Waals surface area contributed by atoms with Gasteiger partial charge in [0.15, 0.2) is 0 Å². The van der Waals surface area contributed by atoms with E-state index in [9.17, 15) is 0 Å². The van der Waals surface area contributed by atoms with Crippen LogP contribution in [0.5, 0.6) is 0 Å². The fraction of sp³-hybridized carbons (Fsp3) is 0.647. The van der Waals surface area contributed by atoms with Crippen LogP contribution < -0.4 is 5.73 Å². The molecule has 1 aromatic rings. The third kappa shape index (κ3) is 3.37. The molecule has 2 rings (SSSR count). The van der Waals surface area contributed by atoms with Crippen LogP contribution in [0, 0.1) is 18.8 Å². The molecule has 1 saturated heterocycles. The Balaban J connectivity index is 2.18. The van der Waals surface area contributed by atoms with E-state index in [1.165, 1.54) is 30.6 Å². The molecule has 0 aromatic heterocycles. The molecule has 1 aliphatic heterocycles. The fourth-order valence-corrected chi connectivity index (χ4v) is 3.31. The highest BCUT2D eigenvalue weighted by molar-refractivity contribution is 5.26. The summed E-state index contributed by atoms with van der Waals surface area (Å²) in [6.07, 6.45) is 1.31. The first-order chi connectivity index (χ1) is 8.99. The quantitative estimate of drug-likeness (QED) is 0.899. The minimum Gasteiger partial charge on any atom is -0.326 e. The summed E-state index contributed by atoms with van der Waals surface area (Å²) < 4.78 is 0. The van der Waals surface area contributed by atoms with Crippen molar-refractivity contribution in [3.8, 4) is 0 Å². The summed E-state index contributed by atoms with van der Waals surface area (Å²) in [4.78, 5) is 2.59. The Kier molecular flexibility index (Phi) is 4.64. The molecule has 0 bridgehead atoms. The van der Waals surface area contributed by atoms with Crippen molar-refractivity contribution in [2.75, 3.05) is 13.1 Å². The van der Waals surface area contributed by atoms with Gasteiger partial charge in [0.2, 0.25) is 0 Å². The Morgan fingerprint density at radius 2 is 2.00 bits per heavy atom. The highest BCUT2D eigenvalue weighted by Crippen LogP contribution is 2.32. The molecule has 3 unspecified atom stereocenters. The minimum absolute atomic E-state index is 0.174. The molecule has 0 amide bonds. The minimum atomic E-state index is 0.174. The third-order valence-electron chi connectivity index (χ3n) is 4.47. The Hall–Kier alpha value is -0.860. The first kappa shape index (κ1) is 14.5. The number of aryl methyl sites for hydroxylation is 1. The molecule has 1 fully saturated rings. The highest BCUT2D eigenvalue weighted by Gasteiger charge is 2.32. The Bertz CT molecular complexity index is 411. The molecular weight excluding hydrogens is 232 g/mol. The van der Waals surface area contributed by atoms with Gasteiger partial charge in [0.25, 0.3) is 0 Å². The van der Waals surface area contributed by atoms with E-state index in [1.54, 1.807) is 0 Å². The van der Waals surface area contributed by atoms with Gasteiger partial charge in [-0.2, -0.15) is 0 Å². The number of rotatable bonds is 4. The number of hydrogen-bond acceptors (Lipinski definition) is 2. The molecule has 1 aromatic carbocycles. The van der Waals surface area contributed by atoms with Gasteiger partial charge in [0.05, 0.1) is 0 Å². The number of nitrogens with two attached hydrogens (primary N) is 1. The summed E-state index contributed by atoms with van der Waals surface area (Å²) in [6.45, 7) is 11.3. The van der Waals surface area contributed by atoms with Crippen LogP contribution in [0.15, 0.2) is 24.3 Å². The van der Waals surface area contributed by atoms with Crippen LogP contribution in [-0.2, 0) is 0 Å². The number of likely N-dealkylation sites (tertiary alicyclic amines) is 1. The topological polar surface area (TPSA) is 29.3 Å². The maximum absolute atomic E-state index is 6.28. The average molecular weight is 260 g/mol. The van der Waals surface area contributed by atoms with E-state index >= 15 is 0 Å². The van der Waals surface area contributed by atoms with E-state index in [-0.39, 0.29) is 6.04 Å². The molecule has 0 saturated carbocycles. The van der Waals surface area contributed by atoms with Crippen LogP contribution in [0.4, 0.5) is 0 Å². The Labute approximate surface area is 118 Å². The van der Waals surface area contributed by atoms with Crippen molar-refractivity contribution in [2.45, 2.75) is 46.2 Å². The first-order valence-electron chi connectivity index (χ1n) is 7.55. The summed E-state index contributed by atoms with van der Waals surface area (Å²) in [5, 5.41) is 0. The second-order valence-electron chi connectivity index (χ2n) is 6.51. The van der Waals surface area contributed by atoms with Crippen molar-refractivity contribution in [3.05, 3.63) is 35.4 Å². The molecule has 0 spiro atoms. The summed E-state index contributed by atoms with van der Waals surface area (Å²) >= 11 is 0. The lowest BCUT2D eigenvalue weighted by atomic mass is 9.95. The normalized spacial score (nSPS) is 23.8. The monoisotopic (exact) mass is 260 g/mol. The van der Waals surface area contributed by atoms with E-state index in [2.05, 4.69) is 56.9 Å². The van der Waals surface area contributed by atoms with Crippen molar-refractivity contribution in [1.29, 1.82) is 0 Å². The highest BCUT2D eigenvalue weighted by atomic mass is 15.2. The zero-order valence-corrected chi connectivity index (χ0v) is 12.8. The van der Waals surface area contributed by atoms with Crippen molar-refractivity contribution in [3.63, 3.8) is 0 Å². The smallest absolute Gasteiger partial charge is 0.0496 e. The summed E-state index contributed by atoms with van der Waals surface area (Å²) in [6, 6.07) is 9.36. The molecule has 0 radical (unpaired) electrons. The summed E-state index contributed by atoms with van der Waals surface area (Å²) in [5.41, 5.74) is 8.97. The maximum atomic E-state index is 6.28. The Morgan fingerprint density at radius 3 is 2.53 bits per heavy atom. The molecule has 0 aliphatic carbocycles. The van der Waals surface area contributed by atoms with E-state index in [1.807, 2.05) is 0 Å². The summed E-state index contributed by atoms with van der Waals surface area (Å²) in [5.74, 6) is 1.60. The predicted octanol–water partition coefficient (Wildman–Crippen LogP) is 3.36. The molecule has 3 atom stereocenters.